The molecule has 0 aliphatic carbocycles. The summed E-state index contributed by atoms with van der Waals surface area (Å²) in [5, 5.41) is 0. The van der Waals surface area contributed by atoms with Crippen molar-refractivity contribution < 1.29 is 9.53 Å². The first-order valence-corrected chi connectivity index (χ1v) is 6.70. The number of hydrogen-bond acceptors (Lipinski definition) is 3. The highest BCUT2D eigenvalue weighted by atomic mass is 16.5. The molecule has 1 aromatic rings. The third kappa shape index (κ3) is 3.07. The molecule has 0 spiro atoms. The number of carbonyl (C=O) groups excluding carboxylic acids is 1. The maximum Gasteiger partial charge on any atom is 0.257 e. The number of likely N-dealkylation sites (tertiary alicyclic amines) is 1. The molecule has 1 saturated heterocycles. The van der Waals surface area contributed by atoms with E-state index in [9.17, 15) is 4.79 Å². The molecule has 2 atom stereocenters. The second kappa shape index (κ2) is 5.61. The highest BCUT2D eigenvalue weighted by Gasteiger charge is 2.27. The van der Waals surface area contributed by atoms with Gasteiger partial charge in [-0.3, -0.25) is 4.79 Å². The van der Waals surface area contributed by atoms with Gasteiger partial charge >= 0.3 is 0 Å². The number of rotatable bonds is 2. The third-order valence-corrected chi connectivity index (χ3v) is 3.56. The van der Waals surface area contributed by atoms with Crippen LogP contribution in [0.5, 0.6) is 5.75 Å². The van der Waals surface area contributed by atoms with Crippen molar-refractivity contribution in [3.8, 4) is 5.75 Å². The summed E-state index contributed by atoms with van der Waals surface area (Å²) in [6.07, 6.45) is 0.981. The summed E-state index contributed by atoms with van der Waals surface area (Å²) in [6.45, 7) is 5.50. The van der Waals surface area contributed by atoms with Crippen LogP contribution < -0.4 is 10.5 Å². The van der Waals surface area contributed by atoms with E-state index in [2.05, 4.69) is 6.92 Å². The molecule has 1 aliphatic heterocycles. The molecular formula is C15H22N2O2. The lowest BCUT2D eigenvalue weighted by Crippen LogP contribution is -2.48. The number of nitrogens with two attached hydrogens (primary N) is 1. The van der Waals surface area contributed by atoms with Crippen molar-refractivity contribution in [1.29, 1.82) is 0 Å². The van der Waals surface area contributed by atoms with E-state index in [1.54, 1.807) is 7.11 Å². The summed E-state index contributed by atoms with van der Waals surface area (Å²) in [5.41, 5.74) is 7.69. The Bertz CT molecular complexity index is 463. The summed E-state index contributed by atoms with van der Waals surface area (Å²) in [7, 11) is 1.59. The van der Waals surface area contributed by atoms with Crippen molar-refractivity contribution in [2.45, 2.75) is 26.3 Å². The van der Waals surface area contributed by atoms with Crippen molar-refractivity contribution in [1.82, 2.24) is 4.90 Å². The second-order valence-electron chi connectivity index (χ2n) is 5.51. The number of benzene rings is 1. The quantitative estimate of drug-likeness (QED) is 0.884. The summed E-state index contributed by atoms with van der Waals surface area (Å²) in [4.78, 5) is 14.5. The van der Waals surface area contributed by atoms with E-state index >= 15 is 0 Å². The predicted octanol–water partition coefficient (Wildman–Crippen LogP) is 1.81. The van der Waals surface area contributed by atoms with Crippen LogP contribution in [0.15, 0.2) is 18.2 Å². The van der Waals surface area contributed by atoms with Gasteiger partial charge in [-0.25, -0.2) is 0 Å². The zero-order chi connectivity index (χ0) is 14.0. The van der Waals surface area contributed by atoms with Gasteiger partial charge in [-0.05, 0) is 31.4 Å². The number of carbonyl (C=O) groups is 1. The van der Waals surface area contributed by atoms with Crippen LogP contribution in [0.4, 0.5) is 0 Å². The van der Waals surface area contributed by atoms with Gasteiger partial charge in [-0.2, -0.15) is 0 Å². The largest absolute Gasteiger partial charge is 0.496 e. The molecular weight excluding hydrogens is 240 g/mol. The number of ether oxygens (including phenoxy) is 1. The Hall–Kier alpha value is -1.55. The van der Waals surface area contributed by atoms with E-state index in [1.807, 2.05) is 30.0 Å². The van der Waals surface area contributed by atoms with Crippen molar-refractivity contribution in [3.63, 3.8) is 0 Å². The highest BCUT2D eigenvalue weighted by Crippen LogP contribution is 2.24. The van der Waals surface area contributed by atoms with Gasteiger partial charge in [0.05, 0.1) is 12.7 Å². The standard InChI is InChI=1S/C15H22N2O2/c1-10-4-5-14(19-3)13(7-10)15(18)17-8-11(2)6-12(16)9-17/h4-5,7,11-12H,6,8-9,16H2,1-3H3. The van der Waals surface area contributed by atoms with Gasteiger partial charge in [0.25, 0.3) is 5.91 Å². The number of nitrogens with zero attached hydrogens (tertiary/aromatic N) is 1. The first-order valence-electron chi connectivity index (χ1n) is 6.70. The molecule has 1 aromatic carbocycles. The molecule has 2 unspecified atom stereocenters. The van der Waals surface area contributed by atoms with Gasteiger partial charge in [0.1, 0.15) is 5.75 Å². The van der Waals surface area contributed by atoms with Gasteiger partial charge in [0, 0.05) is 19.1 Å². The van der Waals surface area contributed by atoms with Crippen LogP contribution in [0, 0.1) is 12.8 Å². The van der Waals surface area contributed by atoms with E-state index in [4.69, 9.17) is 10.5 Å². The summed E-state index contributed by atoms with van der Waals surface area (Å²) in [5.74, 6) is 1.09. The summed E-state index contributed by atoms with van der Waals surface area (Å²) < 4.78 is 5.29. The van der Waals surface area contributed by atoms with Gasteiger partial charge in [0.2, 0.25) is 0 Å². The van der Waals surface area contributed by atoms with Gasteiger partial charge in [0.15, 0.2) is 0 Å². The first-order chi connectivity index (χ1) is 9.01. The molecule has 4 heteroatoms. The Labute approximate surface area is 114 Å². The number of piperidine rings is 1. The monoisotopic (exact) mass is 262 g/mol. The van der Waals surface area contributed by atoms with Crippen LogP contribution in [-0.4, -0.2) is 37.0 Å². The molecule has 1 fully saturated rings. The minimum atomic E-state index is 0.0163. The average Bonchev–Trinajstić information content (AvgIpc) is 2.36. The van der Waals surface area contributed by atoms with Gasteiger partial charge in [-0.1, -0.05) is 18.6 Å². The van der Waals surface area contributed by atoms with Crippen LogP contribution in [0.3, 0.4) is 0 Å². The topological polar surface area (TPSA) is 55.6 Å². The van der Waals surface area contributed by atoms with Gasteiger partial charge < -0.3 is 15.4 Å². The average molecular weight is 262 g/mol. The second-order valence-corrected chi connectivity index (χ2v) is 5.51. The lowest BCUT2D eigenvalue weighted by atomic mass is 9.95. The molecule has 2 N–H and O–H groups in total. The molecule has 4 nitrogen and oxygen atoms in total. The fraction of sp³-hybridized carbons (Fsp3) is 0.533. The normalized spacial score (nSPS) is 23.3. The van der Waals surface area contributed by atoms with E-state index < -0.39 is 0 Å². The molecule has 0 saturated carbocycles. The maximum absolute atomic E-state index is 12.6. The number of aryl methyl sites for hydroxylation is 1. The van der Waals surface area contributed by atoms with E-state index in [0.717, 1.165) is 18.5 Å². The fourth-order valence-corrected chi connectivity index (χ4v) is 2.72. The Morgan fingerprint density at radius 3 is 2.79 bits per heavy atom. The Morgan fingerprint density at radius 2 is 2.16 bits per heavy atom. The minimum absolute atomic E-state index is 0.0163. The third-order valence-electron chi connectivity index (χ3n) is 3.56. The minimum Gasteiger partial charge on any atom is -0.496 e. The smallest absolute Gasteiger partial charge is 0.257 e. The van der Waals surface area contributed by atoms with Crippen molar-refractivity contribution in [2.24, 2.45) is 11.7 Å². The molecule has 1 heterocycles. The first kappa shape index (κ1) is 13.9. The molecule has 104 valence electrons. The zero-order valence-corrected chi connectivity index (χ0v) is 11.8. The summed E-state index contributed by atoms with van der Waals surface area (Å²) >= 11 is 0. The van der Waals surface area contributed by atoms with Crippen molar-refractivity contribution in [3.05, 3.63) is 29.3 Å². The summed E-state index contributed by atoms with van der Waals surface area (Å²) in [6, 6.07) is 5.74. The van der Waals surface area contributed by atoms with E-state index in [1.165, 1.54) is 0 Å². The van der Waals surface area contributed by atoms with Crippen LogP contribution in [0.1, 0.15) is 29.3 Å². The molecule has 0 aromatic heterocycles. The van der Waals surface area contributed by atoms with Gasteiger partial charge in [-0.15, -0.1) is 0 Å². The molecule has 1 aliphatic rings. The lowest BCUT2D eigenvalue weighted by Gasteiger charge is -2.35. The Kier molecular flexibility index (Phi) is 4.10. The van der Waals surface area contributed by atoms with Crippen LogP contribution >= 0.6 is 0 Å². The maximum atomic E-state index is 12.6. The van der Waals surface area contributed by atoms with Crippen LogP contribution in [0.25, 0.3) is 0 Å². The predicted molar refractivity (Wildman–Crippen MR) is 75.4 cm³/mol. The number of hydrogen-bond donors (Lipinski definition) is 1. The molecule has 1 amide bonds. The Balaban J connectivity index is 2.26. The zero-order valence-electron chi connectivity index (χ0n) is 11.8. The molecule has 0 bridgehead atoms. The van der Waals surface area contributed by atoms with Crippen molar-refractivity contribution >= 4 is 5.91 Å². The Morgan fingerprint density at radius 1 is 1.42 bits per heavy atom. The number of methoxy groups -OCH3 is 1. The molecule has 19 heavy (non-hydrogen) atoms. The SMILES string of the molecule is COc1ccc(C)cc1C(=O)N1CC(C)CC(N)C1. The lowest BCUT2D eigenvalue weighted by molar-refractivity contribution is 0.0657. The molecule has 0 radical (unpaired) electrons. The number of amides is 1. The van der Waals surface area contributed by atoms with Crippen molar-refractivity contribution in [2.75, 3.05) is 20.2 Å². The fourth-order valence-electron chi connectivity index (χ4n) is 2.72. The van der Waals surface area contributed by atoms with E-state index in [0.29, 0.717) is 23.8 Å². The van der Waals surface area contributed by atoms with Crippen LogP contribution in [0.2, 0.25) is 0 Å². The van der Waals surface area contributed by atoms with E-state index in [-0.39, 0.29) is 11.9 Å². The van der Waals surface area contributed by atoms with Crippen LogP contribution in [-0.2, 0) is 0 Å². The highest BCUT2D eigenvalue weighted by molar-refractivity contribution is 5.97. The molecule has 2 rings (SSSR count).